The van der Waals surface area contributed by atoms with Crippen molar-refractivity contribution in [3.63, 3.8) is 0 Å². The van der Waals surface area contributed by atoms with Crippen LogP contribution in [0.5, 0.6) is 0 Å². The summed E-state index contributed by atoms with van der Waals surface area (Å²) in [6.07, 6.45) is 0.529. The number of likely N-dealkylation sites (tertiary alicyclic amines) is 1. The third-order valence-corrected chi connectivity index (χ3v) is 4.14. The molecule has 1 heterocycles. The minimum Gasteiger partial charge on any atom is -0.465 e. The zero-order valence-corrected chi connectivity index (χ0v) is 15.3. The average molecular weight is 348 g/mol. The summed E-state index contributed by atoms with van der Waals surface area (Å²) >= 11 is 0. The van der Waals surface area contributed by atoms with E-state index in [-0.39, 0.29) is 12.0 Å². The Hall–Kier alpha value is -2.24. The molecule has 0 aliphatic carbocycles. The third-order valence-electron chi connectivity index (χ3n) is 4.14. The highest BCUT2D eigenvalue weighted by Gasteiger charge is 2.29. The number of nitrogens with zero attached hydrogens (tertiary/aromatic N) is 2. The molecule has 25 heavy (non-hydrogen) atoms. The lowest BCUT2D eigenvalue weighted by Crippen LogP contribution is -2.46. The van der Waals surface area contributed by atoms with Crippen molar-refractivity contribution in [2.24, 2.45) is 5.92 Å². The molecule has 1 saturated heterocycles. The minimum absolute atomic E-state index is 0.126. The highest BCUT2D eigenvalue weighted by atomic mass is 16.6. The monoisotopic (exact) mass is 348 g/mol. The van der Waals surface area contributed by atoms with Gasteiger partial charge in [-0.3, -0.25) is 0 Å². The van der Waals surface area contributed by atoms with Crippen LogP contribution in [0, 0.1) is 5.92 Å². The molecular weight excluding hydrogens is 320 g/mol. The third kappa shape index (κ3) is 6.29. The van der Waals surface area contributed by atoms with E-state index >= 15 is 0 Å². The molecule has 138 valence electrons. The highest BCUT2D eigenvalue weighted by molar-refractivity contribution is 5.68. The standard InChI is InChI=1S/C19H28N2O4/c1-19(2,3)25-18(24)20-11-7-10-16(13-20)14-21(17(22)23)12-15-8-5-4-6-9-15/h4-6,8-9,16H,7,10-14H2,1-3H3,(H,22,23)/t16-/m1/s1. The summed E-state index contributed by atoms with van der Waals surface area (Å²) in [6.45, 7) is 7.52. The van der Waals surface area contributed by atoms with Crippen molar-refractivity contribution in [2.45, 2.75) is 45.8 Å². The molecule has 6 nitrogen and oxygen atoms in total. The zero-order valence-electron chi connectivity index (χ0n) is 15.3. The van der Waals surface area contributed by atoms with E-state index in [4.69, 9.17) is 4.74 Å². The Bertz CT molecular complexity index is 583. The molecule has 0 radical (unpaired) electrons. The van der Waals surface area contributed by atoms with Crippen LogP contribution in [-0.4, -0.2) is 52.3 Å². The van der Waals surface area contributed by atoms with Crippen LogP contribution < -0.4 is 0 Å². The molecule has 0 bridgehead atoms. The Labute approximate surface area is 149 Å². The lowest BCUT2D eigenvalue weighted by molar-refractivity contribution is 0.0147. The SMILES string of the molecule is CC(C)(C)OC(=O)N1CCC[C@@H](CN(Cc2ccccc2)C(=O)O)C1. The van der Waals surface area contributed by atoms with Gasteiger partial charge in [0.05, 0.1) is 0 Å². The van der Waals surface area contributed by atoms with E-state index in [1.165, 1.54) is 4.90 Å². The molecule has 1 aliphatic rings. The fourth-order valence-electron chi connectivity index (χ4n) is 3.03. The van der Waals surface area contributed by atoms with Gasteiger partial charge in [-0.25, -0.2) is 9.59 Å². The molecule has 1 aliphatic heterocycles. The van der Waals surface area contributed by atoms with Crippen LogP contribution in [0.25, 0.3) is 0 Å². The van der Waals surface area contributed by atoms with Crippen molar-refractivity contribution in [1.82, 2.24) is 9.80 Å². The topological polar surface area (TPSA) is 70.1 Å². The van der Waals surface area contributed by atoms with Gasteiger partial charge < -0.3 is 19.6 Å². The van der Waals surface area contributed by atoms with E-state index in [2.05, 4.69) is 0 Å². The van der Waals surface area contributed by atoms with Crippen molar-refractivity contribution in [2.75, 3.05) is 19.6 Å². The number of hydrogen-bond acceptors (Lipinski definition) is 3. The summed E-state index contributed by atoms with van der Waals surface area (Å²) in [5.74, 6) is 0.126. The lowest BCUT2D eigenvalue weighted by Gasteiger charge is -2.35. The summed E-state index contributed by atoms with van der Waals surface area (Å²) in [6, 6.07) is 9.56. The van der Waals surface area contributed by atoms with Crippen molar-refractivity contribution in [3.8, 4) is 0 Å². The van der Waals surface area contributed by atoms with Crippen molar-refractivity contribution in [3.05, 3.63) is 35.9 Å². The molecule has 0 aromatic heterocycles. The first-order valence-electron chi connectivity index (χ1n) is 8.74. The maximum Gasteiger partial charge on any atom is 0.410 e. The van der Waals surface area contributed by atoms with E-state index in [0.29, 0.717) is 26.2 Å². The number of rotatable bonds is 4. The summed E-state index contributed by atoms with van der Waals surface area (Å²) in [4.78, 5) is 27.0. The van der Waals surface area contributed by atoms with E-state index < -0.39 is 11.7 Å². The molecule has 1 N–H and O–H groups in total. The normalized spacial score (nSPS) is 17.9. The molecule has 1 atom stereocenters. The van der Waals surface area contributed by atoms with Crippen LogP contribution in [0.3, 0.4) is 0 Å². The summed E-state index contributed by atoms with van der Waals surface area (Å²) in [5.41, 5.74) is 0.439. The lowest BCUT2D eigenvalue weighted by atomic mass is 9.97. The molecule has 6 heteroatoms. The number of carboxylic acid groups (broad SMARTS) is 1. The van der Waals surface area contributed by atoms with Crippen LogP contribution in [-0.2, 0) is 11.3 Å². The van der Waals surface area contributed by atoms with Crippen LogP contribution >= 0.6 is 0 Å². The second kappa shape index (κ2) is 8.23. The second-order valence-electron chi connectivity index (χ2n) is 7.58. The van der Waals surface area contributed by atoms with E-state index in [1.807, 2.05) is 51.1 Å². The summed E-state index contributed by atoms with van der Waals surface area (Å²) in [7, 11) is 0. The van der Waals surface area contributed by atoms with Crippen LogP contribution in [0.4, 0.5) is 9.59 Å². The molecular formula is C19H28N2O4. The molecule has 1 fully saturated rings. The van der Waals surface area contributed by atoms with Gasteiger partial charge in [0, 0.05) is 26.2 Å². The molecule has 0 spiro atoms. The smallest absolute Gasteiger partial charge is 0.410 e. The average Bonchev–Trinajstić information content (AvgIpc) is 2.54. The first kappa shape index (κ1) is 19.1. The molecule has 2 amide bonds. The van der Waals surface area contributed by atoms with E-state index in [0.717, 1.165) is 18.4 Å². The zero-order chi connectivity index (χ0) is 18.4. The molecule has 1 aromatic carbocycles. The predicted molar refractivity (Wildman–Crippen MR) is 95.4 cm³/mol. The minimum atomic E-state index is -0.932. The molecule has 2 rings (SSSR count). The Morgan fingerprint density at radius 1 is 1.28 bits per heavy atom. The molecule has 1 aromatic rings. The van der Waals surface area contributed by atoms with E-state index in [1.54, 1.807) is 4.90 Å². The van der Waals surface area contributed by atoms with Gasteiger partial charge in [-0.15, -0.1) is 0 Å². The summed E-state index contributed by atoms with van der Waals surface area (Å²) < 4.78 is 5.43. The molecule has 0 unspecified atom stereocenters. The van der Waals surface area contributed by atoms with Gasteiger partial charge >= 0.3 is 12.2 Å². The molecule has 0 saturated carbocycles. The quantitative estimate of drug-likeness (QED) is 0.898. The van der Waals surface area contributed by atoms with Crippen molar-refractivity contribution in [1.29, 1.82) is 0 Å². The number of piperidine rings is 1. The summed E-state index contributed by atoms with van der Waals surface area (Å²) in [5, 5.41) is 9.51. The number of ether oxygens (including phenoxy) is 1. The maximum absolute atomic E-state index is 12.2. The van der Waals surface area contributed by atoms with Gasteiger partial charge in [-0.2, -0.15) is 0 Å². The van der Waals surface area contributed by atoms with Gasteiger partial charge in [0.25, 0.3) is 0 Å². The fraction of sp³-hybridized carbons (Fsp3) is 0.579. The Morgan fingerprint density at radius 2 is 1.96 bits per heavy atom. The van der Waals surface area contributed by atoms with Crippen molar-refractivity contribution < 1.29 is 19.4 Å². The number of hydrogen-bond donors (Lipinski definition) is 1. The van der Waals surface area contributed by atoms with Gasteiger partial charge in [-0.05, 0) is 45.1 Å². The number of carbonyl (C=O) groups is 2. The van der Waals surface area contributed by atoms with Gasteiger partial charge in [0.1, 0.15) is 5.60 Å². The number of carbonyl (C=O) groups excluding carboxylic acids is 1. The first-order valence-corrected chi connectivity index (χ1v) is 8.74. The Kier molecular flexibility index (Phi) is 6.28. The van der Waals surface area contributed by atoms with Crippen LogP contribution in [0.1, 0.15) is 39.2 Å². The van der Waals surface area contributed by atoms with E-state index in [9.17, 15) is 14.7 Å². The highest BCUT2D eigenvalue weighted by Crippen LogP contribution is 2.21. The van der Waals surface area contributed by atoms with Crippen LogP contribution in [0.2, 0.25) is 0 Å². The fourth-order valence-corrected chi connectivity index (χ4v) is 3.03. The van der Waals surface area contributed by atoms with Crippen LogP contribution in [0.15, 0.2) is 30.3 Å². The predicted octanol–water partition coefficient (Wildman–Crippen LogP) is 3.81. The number of amides is 2. The van der Waals surface area contributed by atoms with Gasteiger partial charge in [0.2, 0.25) is 0 Å². The van der Waals surface area contributed by atoms with Gasteiger partial charge in [0.15, 0.2) is 0 Å². The Morgan fingerprint density at radius 3 is 2.56 bits per heavy atom. The van der Waals surface area contributed by atoms with Crippen molar-refractivity contribution >= 4 is 12.2 Å². The first-order chi connectivity index (χ1) is 11.7. The maximum atomic E-state index is 12.2. The second-order valence-corrected chi connectivity index (χ2v) is 7.58. The van der Waals surface area contributed by atoms with Gasteiger partial charge in [-0.1, -0.05) is 30.3 Å². The largest absolute Gasteiger partial charge is 0.465 e. The Balaban J connectivity index is 1.95. The number of benzene rings is 1.